The molecule has 13 N–H and O–H groups in total. The number of carbonyl (C=O) groups excluding carboxylic acids is 12. The molecule has 6 aromatic heterocycles. The highest BCUT2D eigenvalue weighted by molar-refractivity contribution is 7.11. The number of nitrogens with one attached hydrogen (secondary N) is 7. The first-order valence-corrected chi connectivity index (χ1v) is 51.8. The zero-order chi connectivity index (χ0) is 101. The predicted molar refractivity (Wildman–Crippen MR) is 539 cm³/mol. The number of amides is 10. The molecule has 760 valence electrons. The highest BCUT2D eigenvalue weighted by Crippen LogP contribution is 2.41. The average Bonchev–Trinajstić information content (AvgIpc) is 1.67. The number of hydrogen-bond acceptors (Lipinski definition) is 33. The van der Waals surface area contributed by atoms with Crippen LogP contribution in [0, 0.1) is 0 Å². The van der Waals surface area contributed by atoms with Gasteiger partial charge in [0.1, 0.15) is 23.9 Å². The van der Waals surface area contributed by atoms with Crippen LogP contribution in [0.1, 0.15) is 174 Å². The fourth-order valence-electron chi connectivity index (χ4n) is 16.3. The predicted octanol–water partition coefficient (Wildman–Crippen LogP) is 5.75. The number of thiophene rings is 6. The molecule has 1 spiro atoms. The van der Waals surface area contributed by atoms with Crippen LogP contribution >= 0.6 is 68.0 Å². The van der Waals surface area contributed by atoms with E-state index in [1.165, 1.54) is 101 Å². The minimum Gasteiger partial charge on any atom is -0.492 e. The molecule has 6 aliphatic heterocycles. The summed E-state index contributed by atoms with van der Waals surface area (Å²) in [7, 11) is -5.68. The molecule has 14 rings (SSSR count). The van der Waals surface area contributed by atoms with E-state index in [1.54, 1.807) is 16.2 Å². The largest absolute Gasteiger partial charge is 0.492 e. The number of Topliss-reactive ketones (excluding diaryl/α,β-unsaturated/α-hetero) is 2. The summed E-state index contributed by atoms with van der Waals surface area (Å²) >= 11 is 9.05. The Morgan fingerprint density at radius 2 is 0.850 bits per heavy atom. The van der Waals surface area contributed by atoms with Crippen molar-refractivity contribution >= 4 is 182 Å². The first kappa shape index (κ1) is 116. The summed E-state index contributed by atoms with van der Waals surface area (Å²) in [5, 5.41) is 92.0. The number of carbonyl (C=O) groups is 12. The van der Waals surface area contributed by atoms with Crippen LogP contribution in [-0.4, -0.2) is 296 Å². The van der Waals surface area contributed by atoms with Gasteiger partial charge in [-0.2, -0.15) is 0 Å². The molecule has 1 aliphatic carbocycles. The van der Waals surface area contributed by atoms with Gasteiger partial charge in [0.05, 0.1) is 137 Å². The second kappa shape index (κ2) is 59.9. The van der Waals surface area contributed by atoms with E-state index in [2.05, 4.69) is 44.1 Å². The van der Waals surface area contributed by atoms with Crippen molar-refractivity contribution in [1.29, 1.82) is 0 Å². The second-order valence-electron chi connectivity index (χ2n) is 34.3. The molecule has 0 bridgehead atoms. The molecule has 6 fully saturated rings. The molecule has 7 aliphatic rings. The van der Waals surface area contributed by atoms with E-state index in [4.69, 9.17) is 42.1 Å². The Bertz CT molecular complexity index is 4950. The topological polar surface area (TPSA) is 503 Å². The van der Waals surface area contributed by atoms with Gasteiger partial charge < -0.3 is 124 Å². The molecule has 37 nitrogen and oxygen atoms in total. The van der Waals surface area contributed by atoms with Crippen LogP contribution < -0.4 is 42.0 Å². The average molecular weight is 2050 g/mol. The molecule has 10 amide bonds. The number of para-hydroxylation sites is 1. The smallest absolute Gasteiger partial charge is 0.482 e. The molecule has 1 aromatic carbocycles. The van der Waals surface area contributed by atoms with Gasteiger partial charge in [0.2, 0.25) is 53.2 Å². The molecular weight excluding hydrogens is 1920 g/mol. The Balaban J connectivity index is 0.000000206. The Kier molecular flexibility index (Phi) is 49.7. The van der Waals surface area contributed by atoms with E-state index in [-0.39, 0.29) is 187 Å². The first-order chi connectivity index (χ1) is 66.6. The molecular formula is C91H130B6N10O27S6. The van der Waals surface area contributed by atoms with Crippen LogP contribution in [0.25, 0.3) is 0 Å². The van der Waals surface area contributed by atoms with Gasteiger partial charge in [0.25, 0.3) is 0 Å². The summed E-state index contributed by atoms with van der Waals surface area (Å²) in [5.74, 6) is -4.91. The van der Waals surface area contributed by atoms with Crippen LogP contribution in [0.4, 0.5) is 4.79 Å². The first-order valence-electron chi connectivity index (χ1n) is 46.5. The van der Waals surface area contributed by atoms with E-state index >= 15 is 0 Å². The van der Waals surface area contributed by atoms with Crippen molar-refractivity contribution in [3.05, 3.63) is 164 Å². The van der Waals surface area contributed by atoms with Crippen LogP contribution in [0.3, 0.4) is 0 Å². The van der Waals surface area contributed by atoms with E-state index < -0.39 is 96.7 Å². The van der Waals surface area contributed by atoms with Crippen LogP contribution in [0.5, 0.6) is 5.75 Å². The maximum atomic E-state index is 12.2. The van der Waals surface area contributed by atoms with Gasteiger partial charge in [-0.15, -0.1) is 68.0 Å². The van der Waals surface area contributed by atoms with Crippen molar-refractivity contribution in [2.24, 2.45) is 0 Å². The van der Waals surface area contributed by atoms with Crippen LogP contribution in [0.2, 0.25) is 0 Å². The van der Waals surface area contributed by atoms with Crippen molar-refractivity contribution in [2.45, 2.75) is 250 Å². The maximum Gasteiger partial charge on any atom is 0.482 e. The number of methoxy groups -OCH3 is 1. The lowest BCUT2D eigenvalue weighted by Crippen LogP contribution is -2.62. The number of rotatable bonds is 28. The van der Waals surface area contributed by atoms with Crippen molar-refractivity contribution in [2.75, 3.05) is 66.1 Å². The number of hydrogen-bond donors (Lipinski definition) is 13. The summed E-state index contributed by atoms with van der Waals surface area (Å²) in [5.41, 5.74) is 0.630. The molecule has 7 aromatic rings. The van der Waals surface area contributed by atoms with Crippen molar-refractivity contribution in [3.63, 3.8) is 0 Å². The van der Waals surface area contributed by atoms with Gasteiger partial charge in [0.15, 0.2) is 0 Å². The molecule has 12 heterocycles. The van der Waals surface area contributed by atoms with Gasteiger partial charge in [-0.1, -0.05) is 103 Å². The lowest BCUT2D eigenvalue weighted by Gasteiger charge is -2.40. The van der Waals surface area contributed by atoms with Gasteiger partial charge in [-0.05, 0) is 127 Å². The monoisotopic (exact) mass is 2050 g/mol. The van der Waals surface area contributed by atoms with E-state index in [0.29, 0.717) is 45.3 Å². The van der Waals surface area contributed by atoms with Gasteiger partial charge in [0, 0.05) is 107 Å². The zero-order valence-corrected chi connectivity index (χ0v) is 84.4. The van der Waals surface area contributed by atoms with Gasteiger partial charge in [-0.3, -0.25) is 52.7 Å². The quantitative estimate of drug-likeness (QED) is 0.0260. The minimum atomic E-state index is -1.33. The lowest BCUT2D eigenvalue weighted by molar-refractivity contribution is -0.134. The third-order valence-corrected chi connectivity index (χ3v) is 28.6. The van der Waals surface area contributed by atoms with Crippen LogP contribution in [-0.2, 0) is 129 Å². The zero-order valence-electron chi connectivity index (χ0n) is 79.5. The minimum absolute atomic E-state index is 0. The molecule has 12 atom stereocenters. The number of ketones is 2. The molecule has 0 radical (unpaired) electrons. The molecule has 5 saturated heterocycles. The molecule has 6 unspecified atom stereocenters. The SMILES string of the molecule is C.CC(=O)CC1CN(C(C)=O)C[C@H](NC(=O)Cc2cccs2)B(O)O1.CCC1CC(=O)N[C@H](CNC(=O)Cc2cccs2)B(O)O1.CCC1CN(C(C)=O)[C@H](CNC(=O)Cc2cccs2)B(O)O1.CCC1OB(O)[C@@H](NC(=O)Cc2cccs2)COC12CCCC2.CCC1OB(O)[C@@H](NC(=O)Cc2cccs2)COc2ccccc21.COC(=O)N1CC(CC(C)=O)OB(O)[C@@H](NC(=O)Cc2cccs2)C1. The fraction of sp³-hybridized carbons (Fsp3) is 0.538. The summed E-state index contributed by atoms with van der Waals surface area (Å²) in [6, 6.07) is 30.3. The molecule has 1 saturated carbocycles. The summed E-state index contributed by atoms with van der Waals surface area (Å²) in [4.78, 5) is 152. The third kappa shape index (κ3) is 38.6. The van der Waals surface area contributed by atoms with Crippen molar-refractivity contribution in [3.8, 4) is 5.75 Å². The summed E-state index contributed by atoms with van der Waals surface area (Å²) in [6.45, 7) is 15.3. The summed E-state index contributed by atoms with van der Waals surface area (Å²) in [6.07, 6.45) is 6.37. The standard InChI is InChI=1S/C17H20BNO4S.C16H24BNO4S.C15H21BN2O6S.C15H21BN2O5S.C14H21BN2O4S.C13H19BN2O4S.CH4/c1-2-14-13-7-3-4-8-15(13)22-11-16(18(21)23-14)19-17(20)10-12-6-5-9-24-12;1-2-13-16(7-3-4-8-16)21-11-14(17(20)22-13)18-15(19)10-12-6-5-9-23-12;1-10(19)6-11-8-18(15(21)23-2)9-13(16(22)24-11)17-14(20)7-12-4-3-5-25-12;1-10(19)6-12-8-18(11(2)20)9-14(16(22)23-12)17-15(21)7-13-4-3-5-24-13;1-3-11-9-17(10(2)18)13(15(20)21-11)8-16-14(19)7-12-5-4-6-22-12;1-2-9-6-13(18)16-11(14(19)20-9)8-15-12(17)7-10-4-3-5-21-10;/h3-9,14,16,21H,2,10-11H2,1H3,(H,19,20);5-6,9,13-14,20H,2-4,7-8,10-11H2,1H3,(H,18,19);3-5,11,13,22H,6-9H2,1-2H3,(H,17,20);3-5,12,14,22H,6-9H2,1-2H3,(H,17,21);4-6,11,13,20H,3,7-9H2,1-2H3,(H,16,19);3-5,9,11,19H,2,6-8H2,1H3,(H,15,17)(H,16,18);1H4/t14?,16-;13?,14-;11?,13-;12?,14-;11?,13-;9?,11-;/m000011./s1. The van der Waals surface area contributed by atoms with Gasteiger partial charge >= 0.3 is 48.8 Å². The van der Waals surface area contributed by atoms with Crippen molar-refractivity contribution in [1.82, 2.24) is 51.9 Å². The Labute approximate surface area is 843 Å². The number of benzene rings is 1. The van der Waals surface area contributed by atoms with E-state index in [9.17, 15) is 87.7 Å². The Morgan fingerprint density at radius 3 is 1.27 bits per heavy atom. The maximum absolute atomic E-state index is 12.2. The molecule has 140 heavy (non-hydrogen) atoms. The normalized spacial score (nSPS) is 22.1. The summed E-state index contributed by atoms with van der Waals surface area (Å²) < 4.78 is 50.2. The van der Waals surface area contributed by atoms with Gasteiger partial charge in [-0.25, -0.2) is 4.79 Å². The van der Waals surface area contributed by atoms with E-state index in [1.807, 2.05) is 150 Å². The molecule has 49 heteroatoms. The Morgan fingerprint density at radius 1 is 0.443 bits per heavy atom. The Hall–Kier alpha value is -9.07. The third-order valence-electron chi connectivity index (χ3n) is 23.4. The van der Waals surface area contributed by atoms with Crippen LogP contribution in [0.15, 0.2) is 129 Å². The lowest BCUT2D eigenvalue weighted by atomic mass is 9.75. The number of ether oxygens (including phenoxy) is 3. The highest BCUT2D eigenvalue weighted by atomic mass is 32.1. The fourth-order valence-corrected chi connectivity index (χ4v) is 20.5. The highest BCUT2D eigenvalue weighted by Gasteiger charge is 2.50. The van der Waals surface area contributed by atoms with E-state index in [0.717, 1.165) is 79.1 Å². The van der Waals surface area contributed by atoms with Crippen molar-refractivity contribution < 1.29 is 130 Å². The second-order valence-corrected chi connectivity index (χ2v) is 40.5. The number of fused-ring (bicyclic) bond motifs is 1. The number of nitrogens with zero attached hydrogens (tertiary/aromatic N) is 3.